The Labute approximate surface area is 172 Å². The van der Waals surface area contributed by atoms with E-state index in [1.807, 2.05) is 24.3 Å². The summed E-state index contributed by atoms with van der Waals surface area (Å²) in [6.07, 6.45) is 0. The Balaban J connectivity index is 1.77. The largest absolute Gasteiger partial charge is 0.489 e. The molecule has 0 aliphatic heterocycles. The van der Waals surface area contributed by atoms with Crippen LogP contribution < -0.4 is 15.4 Å². The molecule has 0 bridgehead atoms. The van der Waals surface area contributed by atoms with Crippen LogP contribution in [0.2, 0.25) is 5.02 Å². The van der Waals surface area contributed by atoms with E-state index in [0.717, 1.165) is 5.56 Å². The average molecular weight is 412 g/mol. The number of amides is 2. The van der Waals surface area contributed by atoms with Crippen molar-refractivity contribution < 1.29 is 14.3 Å². The van der Waals surface area contributed by atoms with Crippen LogP contribution in [0.1, 0.15) is 19.4 Å². The fourth-order valence-electron chi connectivity index (χ4n) is 2.38. The Morgan fingerprint density at radius 3 is 1.93 bits per heavy atom. The Morgan fingerprint density at radius 2 is 1.41 bits per heavy atom. The van der Waals surface area contributed by atoms with Gasteiger partial charge in [-0.25, -0.2) is 0 Å². The molecule has 2 N–H and O–H groups in total. The van der Waals surface area contributed by atoms with Gasteiger partial charge >= 0.3 is 0 Å². The van der Waals surface area contributed by atoms with Crippen LogP contribution in [-0.2, 0) is 16.2 Å². The first-order valence-corrected chi connectivity index (χ1v) is 9.06. The molecule has 2 amide bonds. The van der Waals surface area contributed by atoms with Crippen molar-refractivity contribution in [1.29, 1.82) is 0 Å². The molecule has 3 rings (SSSR count). The Bertz CT molecular complexity index is 989. The molecule has 3 aromatic rings. The molecule has 29 heavy (non-hydrogen) atoms. The zero-order chi connectivity index (χ0) is 20.8. The number of anilines is 2. The monoisotopic (exact) mass is 411 g/mol. The van der Waals surface area contributed by atoms with Gasteiger partial charge in [0.15, 0.2) is 5.82 Å². The molecule has 8 nitrogen and oxygen atoms in total. The average Bonchev–Trinajstić information content (AvgIpc) is 2.67. The minimum absolute atomic E-state index is 0.0503. The Kier molecular flexibility index (Phi) is 6.36. The molecule has 2 aromatic carbocycles. The minimum atomic E-state index is -0.332. The van der Waals surface area contributed by atoms with E-state index < -0.39 is 0 Å². The first-order chi connectivity index (χ1) is 13.9. The number of halogens is 1. The SMILES string of the molecule is CC(=O)Nc1nc(NC(C)=O)nc(-c2ccc(OCc3ccc(Cl)cc3)cc2)n1. The van der Waals surface area contributed by atoms with Crippen molar-refractivity contribution in [1.82, 2.24) is 15.0 Å². The third kappa shape index (κ3) is 5.98. The number of benzene rings is 2. The number of hydrogen-bond donors (Lipinski definition) is 2. The zero-order valence-electron chi connectivity index (χ0n) is 15.8. The van der Waals surface area contributed by atoms with E-state index in [1.54, 1.807) is 24.3 Å². The molecule has 0 saturated heterocycles. The maximum absolute atomic E-state index is 11.3. The highest BCUT2D eigenvalue weighted by Crippen LogP contribution is 2.22. The van der Waals surface area contributed by atoms with Gasteiger partial charge in [0.2, 0.25) is 23.7 Å². The van der Waals surface area contributed by atoms with Gasteiger partial charge in [0.05, 0.1) is 0 Å². The summed E-state index contributed by atoms with van der Waals surface area (Å²) in [7, 11) is 0. The Hall–Kier alpha value is -3.52. The van der Waals surface area contributed by atoms with Crippen molar-refractivity contribution in [2.45, 2.75) is 20.5 Å². The molecule has 1 heterocycles. The summed E-state index contributed by atoms with van der Waals surface area (Å²) in [5.74, 6) is 0.408. The topological polar surface area (TPSA) is 106 Å². The first-order valence-electron chi connectivity index (χ1n) is 8.68. The van der Waals surface area contributed by atoms with Gasteiger partial charge in [0.25, 0.3) is 0 Å². The van der Waals surface area contributed by atoms with Crippen LogP contribution in [0, 0.1) is 0 Å². The van der Waals surface area contributed by atoms with E-state index in [-0.39, 0.29) is 23.7 Å². The second-order valence-corrected chi connectivity index (χ2v) is 6.54. The van der Waals surface area contributed by atoms with E-state index >= 15 is 0 Å². The number of aromatic nitrogens is 3. The van der Waals surface area contributed by atoms with Gasteiger partial charge in [0.1, 0.15) is 12.4 Å². The lowest BCUT2D eigenvalue weighted by Gasteiger charge is -2.09. The van der Waals surface area contributed by atoms with Crippen molar-refractivity contribution in [3.8, 4) is 17.1 Å². The molecule has 0 saturated carbocycles. The summed E-state index contributed by atoms with van der Waals surface area (Å²) in [4.78, 5) is 35.1. The molecule has 1 aromatic heterocycles. The maximum Gasteiger partial charge on any atom is 0.234 e. The third-order valence-electron chi connectivity index (χ3n) is 3.64. The van der Waals surface area contributed by atoms with Crippen molar-refractivity contribution in [3.05, 3.63) is 59.1 Å². The molecule has 0 aliphatic rings. The molecule has 0 aliphatic carbocycles. The number of carbonyl (C=O) groups excluding carboxylic acids is 2. The smallest absolute Gasteiger partial charge is 0.234 e. The van der Waals surface area contributed by atoms with Gasteiger partial charge in [-0.05, 0) is 42.0 Å². The molecule has 0 radical (unpaired) electrons. The van der Waals surface area contributed by atoms with Crippen molar-refractivity contribution in [2.75, 3.05) is 10.6 Å². The number of rotatable bonds is 6. The van der Waals surface area contributed by atoms with Gasteiger partial charge < -0.3 is 4.74 Å². The molecule has 0 spiro atoms. The lowest BCUT2D eigenvalue weighted by molar-refractivity contribution is -0.115. The lowest BCUT2D eigenvalue weighted by atomic mass is 10.2. The third-order valence-corrected chi connectivity index (χ3v) is 3.89. The number of nitrogens with one attached hydrogen (secondary N) is 2. The molecule has 0 unspecified atom stereocenters. The van der Waals surface area contributed by atoms with Crippen LogP contribution in [0.15, 0.2) is 48.5 Å². The van der Waals surface area contributed by atoms with E-state index in [2.05, 4.69) is 25.6 Å². The quantitative estimate of drug-likeness (QED) is 0.640. The minimum Gasteiger partial charge on any atom is -0.489 e. The van der Waals surface area contributed by atoms with Crippen LogP contribution in [0.4, 0.5) is 11.9 Å². The lowest BCUT2D eigenvalue weighted by Crippen LogP contribution is -2.15. The molecule has 148 valence electrons. The number of hydrogen-bond acceptors (Lipinski definition) is 6. The highest BCUT2D eigenvalue weighted by Gasteiger charge is 2.11. The summed E-state index contributed by atoms with van der Waals surface area (Å²) in [6, 6.07) is 14.5. The summed E-state index contributed by atoms with van der Waals surface area (Å²) >= 11 is 5.88. The van der Waals surface area contributed by atoms with Gasteiger partial charge in [-0.2, -0.15) is 15.0 Å². The fraction of sp³-hybridized carbons (Fsp3) is 0.150. The van der Waals surface area contributed by atoms with E-state index in [0.29, 0.717) is 28.8 Å². The molecular weight excluding hydrogens is 394 g/mol. The van der Waals surface area contributed by atoms with Crippen molar-refractivity contribution in [3.63, 3.8) is 0 Å². The molecule has 0 atom stereocenters. The predicted molar refractivity (Wildman–Crippen MR) is 110 cm³/mol. The predicted octanol–water partition coefficient (Wildman–Crippen LogP) is 3.69. The van der Waals surface area contributed by atoms with Gasteiger partial charge in [-0.1, -0.05) is 23.7 Å². The fourth-order valence-corrected chi connectivity index (χ4v) is 2.51. The number of carbonyl (C=O) groups is 2. The highest BCUT2D eigenvalue weighted by atomic mass is 35.5. The van der Waals surface area contributed by atoms with E-state index in [9.17, 15) is 9.59 Å². The molecule has 9 heteroatoms. The second-order valence-electron chi connectivity index (χ2n) is 6.11. The van der Waals surface area contributed by atoms with E-state index in [1.165, 1.54) is 13.8 Å². The summed E-state index contributed by atoms with van der Waals surface area (Å²) < 4.78 is 5.77. The summed E-state index contributed by atoms with van der Waals surface area (Å²) in [5, 5.41) is 5.67. The number of ether oxygens (including phenoxy) is 1. The summed E-state index contributed by atoms with van der Waals surface area (Å²) in [6.45, 7) is 3.09. The van der Waals surface area contributed by atoms with Gasteiger partial charge in [-0.3, -0.25) is 20.2 Å². The zero-order valence-corrected chi connectivity index (χ0v) is 16.5. The molecule has 0 fully saturated rings. The van der Waals surface area contributed by atoms with Gasteiger partial charge in [-0.15, -0.1) is 0 Å². The van der Waals surface area contributed by atoms with Crippen LogP contribution in [0.3, 0.4) is 0 Å². The highest BCUT2D eigenvalue weighted by molar-refractivity contribution is 6.30. The van der Waals surface area contributed by atoms with Crippen molar-refractivity contribution in [2.24, 2.45) is 0 Å². The number of nitrogens with zero attached hydrogens (tertiary/aromatic N) is 3. The van der Waals surface area contributed by atoms with Crippen LogP contribution in [-0.4, -0.2) is 26.8 Å². The Morgan fingerprint density at radius 1 is 0.862 bits per heavy atom. The van der Waals surface area contributed by atoms with Crippen LogP contribution in [0.5, 0.6) is 5.75 Å². The standard InChI is InChI=1S/C20H18ClN5O3/c1-12(27)22-19-24-18(25-20(26-19)23-13(2)28)15-5-9-17(10-6-15)29-11-14-3-7-16(21)8-4-14/h3-10H,11H2,1-2H3,(H2,22,23,24,25,26,27,28). The van der Waals surface area contributed by atoms with Crippen LogP contribution in [0.25, 0.3) is 11.4 Å². The molecular formula is C20H18ClN5O3. The van der Waals surface area contributed by atoms with Crippen LogP contribution >= 0.6 is 11.6 Å². The maximum atomic E-state index is 11.3. The van der Waals surface area contributed by atoms with Gasteiger partial charge in [0, 0.05) is 24.4 Å². The summed E-state index contributed by atoms with van der Waals surface area (Å²) in [5.41, 5.74) is 1.67. The second kappa shape index (κ2) is 9.11. The normalized spacial score (nSPS) is 10.3. The van der Waals surface area contributed by atoms with E-state index in [4.69, 9.17) is 16.3 Å². The van der Waals surface area contributed by atoms with Crippen molar-refractivity contribution >= 4 is 35.3 Å². The first kappa shape index (κ1) is 20.2.